The number of hydrogen-bond acceptors (Lipinski definition) is 5. The van der Waals surface area contributed by atoms with Gasteiger partial charge in [0.1, 0.15) is 17.9 Å². The number of para-hydroxylation sites is 2. The Kier molecular flexibility index (Phi) is 6.40. The maximum atomic E-state index is 13.4. The maximum absolute atomic E-state index is 13.4. The number of nitrogens with zero attached hydrogens (tertiary/aromatic N) is 2. The van der Waals surface area contributed by atoms with Crippen LogP contribution in [0.3, 0.4) is 0 Å². The predicted molar refractivity (Wildman–Crippen MR) is 142 cm³/mol. The summed E-state index contributed by atoms with van der Waals surface area (Å²) in [6.07, 6.45) is 2.65. The Morgan fingerprint density at radius 2 is 1.83 bits per heavy atom. The molecule has 3 N–H and O–H groups in total. The molecule has 2 atom stereocenters. The molecule has 0 saturated carbocycles. The Balaban J connectivity index is 1.33. The first kappa shape index (κ1) is 23.9. The summed E-state index contributed by atoms with van der Waals surface area (Å²) in [5.41, 5.74) is 1.12. The molecule has 36 heavy (non-hydrogen) atoms. The van der Waals surface area contributed by atoms with E-state index < -0.39 is 23.4 Å². The monoisotopic (exact) mass is 501 g/mol. The SMILES string of the molecule is CSCC[C@@H](NC(=O)CN1C(=O)N[C@@](C)(c2ccc3ccccc3c2)C1=O)c1nc2ccccc2[nH]1. The fourth-order valence-electron chi connectivity index (χ4n) is 4.57. The topological polar surface area (TPSA) is 107 Å². The van der Waals surface area contributed by atoms with Crippen molar-refractivity contribution in [2.75, 3.05) is 18.6 Å². The van der Waals surface area contributed by atoms with E-state index in [1.54, 1.807) is 18.7 Å². The van der Waals surface area contributed by atoms with Crippen LogP contribution in [0, 0.1) is 0 Å². The highest BCUT2D eigenvalue weighted by Crippen LogP contribution is 2.31. The normalized spacial score (nSPS) is 18.6. The number of fused-ring (bicyclic) bond motifs is 2. The number of aromatic nitrogens is 2. The van der Waals surface area contributed by atoms with Gasteiger partial charge in [-0.25, -0.2) is 9.78 Å². The van der Waals surface area contributed by atoms with Crippen molar-refractivity contribution in [3.05, 3.63) is 78.1 Å². The molecule has 8 nitrogen and oxygen atoms in total. The highest BCUT2D eigenvalue weighted by Gasteiger charge is 2.49. The third-order valence-electron chi connectivity index (χ3n) is 6.59. The second kappa shape index (κ2) is 9.66. The van der Waals surface area contributed by atoms with Crippen LogP contribution in [0.4, 0.5) is 4.79 Å². The van der Waals surface area contributed by atoms with Gasteiger partial charge in [-0.2, -0.15) is 11.8 Å². The summed E-state index contributed by atoms with van der Waals surface area (Å²) in [4.78, 5) is 48.1. The summed E-state index contributed by atoms with van der Waals surface area (Å²) in [7, 11) is 0. The molecule has 1 saturated heterocycles. The molecule has 9 heteroatoms. The van der Waals surface area contributed by atoms with E-state index in [9.17, 15) is 14.4 Å². The van der Waals surface area contributed by atoms with E-state index in [1.165, 1.54) is 0 Å². The first-order valence-electron chi connectivity index (χ1n) is 11.8. The van der Waals surface area contributed by atoms with Crippen LogP contribution in [0.2, 0.25) is 0 Å². The first-order chi connectivity index (χ1) is 17.4. The third kappa shape index (κ3) is 4.42. The Hall–Kier alpha value is -3.85. The van der Waals surface area contributed by atoms with Crippen LogP contribution in [0.15, 0.2) is 66.7 Å². The predicted octanol–water partition coefficient (Wildman–Crippen LogP) is 4.09. The van der Waals surface area contributed by atoms with Crippen molar-refractivity contribution in [2.45, 2.75) is 24.9 Å². The summed E-state index contributed by atoms with van der Waals surface area (Å²) >= 11 is 1.67. The molecule has 1 fully saturated rings. The molecular weight excluding hydrogens is 474 g/mol. The van der Waals surface area contributed by atoms with Gasteiger partial charge in [0.05, 0.1) is 17.1 Å². The molecule has 1 aliphatic heterocycles. The fourth-order valence-corrected chi connectivity index (χ4v) is 5.04. The van der Waals surface area contributed by atoms with Crippen LogP contribution in [-0.2, 0) is 15.1 Å². The number of benzene rings is 3. The number of H-pyrrole nitrogens is 1. The number of imide groups is 1. The van der Waals surface area contributed by atoms with Crippen LogP contribution in [-0.4, -0.2) is 51.3 Å². The number of urea groups is 1. The Morgan fingerprint density at radius 3 is 2.61 bits per heavy atom. The number of amides is 4. The molecule has 0 aliphatic carbocycles. The number of carbonyl (C=O) groups excluding carboxylic acids is 3. The van der Waals surface area contributed by atoms with Gasteiger partial charge in [0.2, 0.25) is 5.91 Å². The number of hydrogen-bond donors (Lipinski definition) is 3. The lowest BCUT2D eigenvalue weighted by atomic mass is 9.90. The average Bonchev–Trinajstić information content (AvgIpc) is 3.41. The molecule has 1 aromatic heterocycles. The second-order valence-electron chi connectivity index (χ2n) is 9.05. The Morgan fingerprint density at radius 1 is 1.08 bits per heavy atom. The van der Waals surface area contributed by atoms with Gasteiger partial charge < -0.3 is 15.6 Å². The van der Waals surface area contributed by atoms with Crippen LogP contribution < -0.4 is 10.6 Å². The van der Waals surface area contributed by atoms with Crippen LogP contribution in [0.1, 0.15) is 30.8 Å². The van der Waals surface area contributed by atoms with E-state index in [1.807, 2.05) is 73.0 Å². The van der Waals surface area contributed by atoms with Crippen molar-refractivity contribution in [2.24, 2.45) is 0 Å². The van der Waals surface area contributed by atoms with Crippen molar-refractivity contribution in [3.63, 3.8) is 0 Å². The number of nitrogens with one attached hydrogen (secondary N) is 3. The van der Waals surface area contributed by atoms with Crippen molar-refractivity contribution < 1.29 is 14.4 Å². The number of thioether (sulfide) groups is 1. The van der Waals surface area contributed by atoms with Gasteiger partial charge in [-0.15, -0.1) is 0 Å². The molecule has 1 aliphatic rings. The molecule has 0 spiro atoms. The molecule has 2 heterocycles. The van der Waals surface area contributed by atoms with Crippen molar-refractivity contribution in [3.8, 4) is 0 Å². The molecule has 4 amide bonds. The van der Waals surface area contributed by atoms with Crippen molar-refractivity contribution in [1.29, 1.82) is 0 Å². The average molecular weight is 502 g/mol. The molecule has 4 aromatic rings. The van der Waals surface area contributed by atoms with E-state index >= 15 is 0 Å². The molecule has 0 bridgehead atoms. The maximum Gasteiger partial charge on any atom is 0.325 e. The zero-order valence-electron chi connectivity index (χ0n) is 20.1. The smallest absolute Gasteiger partial charge is 0.325 e. The van der Waals surface area contributed by atoms with Crippen LogP contribution >= 0.6 is 11.8 Å². The summed E-state index contributed by atoms with van der Waals surface area (Å²) in [6.45, 7) is 1.30. The molecule has 184 valence electrons. The van der Waals surface area contributed by atoms with E-state index in [-0.39, 0.29) is 12.6 Å². The van der Waals surface area contributed by atoms with Crippen LogP contribution in [0.25, 0.3) is 21.8 Å². The van der Waals surface area contributed by atoms with Gasteiger partial charge in [0, 0.05) is 0 Å². The summed E-state index contributed by atoms with van der Waals surface area (Å²) < 4.78 is 0. The summed E-state index contributed by atoms with van der Waals surface area (Å²) in [5, 5.41) is 7.77. The van der Waals surface area contributed by atoms with Gasteiger partial charge >= 0.3 is 6.03 Å². The molecule has 0 radical (unpaired) electrons. The zero-order valence-corrected chi connectivity index (χ0v) is 20.9. The van der Waals surface area contributed by atoms with Gasteiger partial charge in [0.15, 0.2) is 0 Å². The summed E-state index contributed by atoms with van der Waals surface area (Å²) in [5.74, 6) is 0.581. The number of aromatic amines is 1. The minimum Gasteiger partial charge on any atom is -0.345 e. The van der Waals surface area contributed by atoms with Gasteiger partial charge in [-0.3, -0.25) is 14.5 Å². The largest absolute Gasteiger partial charge is 0.345 e. The standard InChI is InChI=1S/C27H27N5O3S/c1-27(19-12-11-17-7-3-4-8-18(17)15-19)25(34)32(26(35)31-27)16-23(33)28-22(13-14-36-2)24-29-20-9-5-6-10-21(20)30-24/h3-12,15,22H,13-14,16H2,1-2H3,(H,28,33)(H,29,30)(H,31,35)/t22-,27+/m1/s1. The lowest BCUT2D eigenvalue weighted by molar-refractivity contribution is -0.135. The van der Waals surface area contributed by atoms with E-state index in [4.69, 9.17) is 0 Å². The minimum absolute atomic E-state index is 0.370. The van der Waals surface area contributed by atoms with Gasteiger partial charge in [0.25, 0.3) is 5.91 Å². The number of rotatable bonds is 8. The lowest BCUT2D eigenvalue weighted by Gasteiger charge is -2.23. The van der Waals surface area contributed by atoms with Crippen molar-refractivity contribution >= 4 is 51.4 Å². The summed E-state index contributed by atoms with van der Waals surface area (Å²) in [6, 6.07) is 20.2. The molecular formula is C27H27N5O3S. The Bertz CT molecular complexity index is 1440. The highest BCUT2D eigenvalue weighted by molar-refractivity contribution is 7.98. The van der Waals surface area contributed by atoms with Gasteiger partial charge in [-0.1, -0.05) is 48.5 Å². The lowest BCUT2D eigenvalue weighted by Crippen LogP contribution is -2.44. The molecule has 3 aromatic carbocycles. The number of carbonyl (C=O) groups is 3. The Labute approximate surface area is 212 Å². The zero-order chi connectivity index (χ0) is 25.3. The molecule has 0 unspecified atom stereocenters. The van der Waals surface area contributed by atoms with Gasteiger partial charge in [-0.05, 0) is 59.9 Å². The van der Waals surface area contributed by atoms with E-state index in [0.717, 1.165) is 32.5 Å². The quantitative estimate of drug-likeness (QED) is 0.315. The van der Waals surface area contributed by atoms with E-state index in [2.05, 4.69) is 20.6 Å². The minimum atomic E-state index is -1.25. The fraction of sp³-hybridized carbons (Fsp3) is 0.259. The third-order valence-corrected chi connectivity index (χ3v) is 7.23. The molecule has 5 rings (SSSR count). The number of imidazole rings is 1. The second-order valence-corrected chi connectivity index (χ2v) is 10.0. The van der Waals surface area contributed by atoms with Crippen molar-refractivity contribution in [1.82, 2.24) is 25.5 Å². The van der Waals surface area contributed by atoms with E-state index in [0.29, 0.717) is 17.8 Å². The first-order valence-corrected chi connectivity index (χ1v) is 13.1. The highest BCUT2D eigenvalue weighted by atomic mass is 32.2. The van der Waals surface area contributed by atoms with Crippen LogP contribution in [0.5, 0.6) is 0 Å².